The van der Waals surface area contributed by atoms with Crippen LogP contribution in [-0.4, -0.2) is 223 Å². The minimum atomic E-state index is -1.83. The van der Waals surface area contributed by atoms with Crippen molar-refractivity contribution < 1.29 is 58.2 Å². The van der Waals surface area contributed by atoms with Crippen molar-refractivity contribution in [2.24, 2.45) is 51.6 Å². The fourth-order valence-electron chi connectivity index (χ4n) is 9.32. The molecule has 33 heteroatoms. The van der Waals surface area contributed by atoms with Gasteiger partial charge in [-0.15, -0.1) is 0 Å². The lowest BCUT2D eigenvalue weighted by molar-refractivity contribution is -0.142. The summed E-state index contributed by atoms with van der Waals surface area (Å²) in [5.41, 5.74) is 51.9. The van der Waals surface area contributed by atoms with Gasteiger partial charge in [-0.3, -0.25) is 47.9 Å². The zero-order valence-electron chi connectivity index (χ0n) is 49.6. The maximum Gasteiger partial charge on any atom is 0.246 e. The second-order valence-electron chi connectivity index (χ2n) is 21.2. The van der Waals surface area contributed by atoms with Crippen molar-refractivity contribution in [3.63, 3.8) is 0 Å². The number of aromatic amines is 1. The Bertz CT molecular complexity index is 2220. The van der Waals surface area contributed by atoms with E-state index in [9.17, 15) is 58.2 Å². The van der Waals surface area contributed by atoms with Gasteiger partial charge in [0.2, 0.25) is 59.1 Å². The Balaban J connectivity index is 2.33. The van der Waals surface area contributed by atoms with Gasteiger partial charge in [0.05, 0.1) is 31.1 Å². The molecule has 0 spiro atoms. The number of unbranched alkanes of at least 4 members (excludes halogenated alkanes) is 4. The first-order valence-corrected chi connectivity index (χ1v) is 29.9. The fourth-order valence-corrected chi connectivity index (χ4v) is 9.32. The van der Waals surface area contributed by atoms with Gasteiger partial charge in [0.1, 0.15) is 48.3 Å². The van der Waals surface area contributed by atoms with Gasteiger partial charge in [-0.25, -0.2) is 4.98 Å². The summed E-state index contributed by atoms with van der Waals surface area (Å²) in [6, 6.07) is -11.8. The van der Waals surface area contributed by atoms with Crippen molar-refractivity contribution in [3.05, 3.63) is 18.2 Å². The van der Waals surface area contributed by atoms with Crippen molar-refractivity contribution >= 4 is 59.1 Å². The molecule has 1 aromatic rings. The first kappa shape index (κ1) is 75.6. The van der Waals surface area contributed by atoms with Crippen LogP contribution in [0.4, 0.5) is 0 Å². The first-order chi connectivity index (χ1) is 41.2. The van der Waals surface area contributed by atoms with Crippen LogP contribution >= 0.6 is 0 Å². The molecule has 1 fully saturated rings. The van der Waals surface area contributed by atoms with Crippen molar-refractivity contribution in [3.8, 4) is 0 Å². The van der Waals surface area contributed by atoms with Crippen molar-refractivity contribution in [2.45, 2.75) is 182 Å². The molecule has 0 radical (unpaired) electrons. The summed E-state index contributed by atoms with van der Waals surface area (Å²) in [5.74, 6) is -7.95. The number of nitrogens with one attached hydrogen (secondary N) is 10. The summed E-state index contributed by atoms with van der Waals surface area (Å²) < 4.78 is 0. The molecule has 1 aromatic heterocycles. The lowest BCUT2D eigenvalue weighted by atomic mass is 10.0. The number of amides is 10. The molecule has 2 heterocycles. The van der Waals surface area contributed by atoms with E-state index in [1.807, 2.05) is 0 Å². The zero-order valence-corrected chi connectivity index (χ0v) is 49.6. The predicted octanol–water partition coefficient (Wildman–Crippen LogP) is -8.86. The first-order valence-electron chi connectivity index (χ1n) is 29.9. The normalized spacial score (nSPS) is 16.5. The van der Waals surface area contributed by atoms with Gasteiger partial charge in [-0.1, -0.05) is 6.42 Å². The zero-order chi connectivity index (χ0) is 64.0. The van der Waals surface area contributed by atoms with Crippen molar-refractivity contribution in [1.82, 2.24) is 62.7 Å². The molecule has 0 saturated carbocycles. The molecule has 1 aliphatic rings. The van der Waals surface area contributed by atoms with Gasteiger partial charge < -0.3 is 120 Å². The smallest absolute Gasteiger partial charge is 0.246 e. The number of carbonyl (C=O) groups is 10. The largest absolute Gasteiger partial charge is 0.389 e. The SMILES string of the molecule is NCCCCNC(=O)[C@H](CCCCN)NC(=O)[C@@H](CCCN)NC(=O)[C@H](CCCCN)NC(=O)[C@H](Cc1cnc[nH]1)NC(=O)[C@@H]1CCCN1C(=O)[C@@H](CCCN)NC(=O)CNC(=O)[C@@H](NC(=O)[C@@H](NC(=O)[C@@H](N)CCCCN)[C@@H](O)CN)[C@@H](O)CN. The Labute approximate surface area is 502 Å². The Kier molecular flexibility index (Phi) is 37.9. The van der Waals surface area contributed by atoms with E-state index in [2.05, 4.69) is 57.8 Å². The number of aliphatic hydroxyl groups is 2. The molecular formula is C53H101N21O12. The Hall–Kier alpha value is -6.53. The van der Waals surface area contributed by atoms with Crippen LogP contribution in [0, 0.1) is 0 Å². The molecule has 86 heavy (non-hydrogen) atoms. The van der Waals surface area contributed by atoms with Gasteiger partial charge in [0.15, 0.2) is 0 Å². The maximum atomic E-state index is 14.5. The molecule has 0 aliphatic carbocycles. The average Bonchev–Trinajstić information content (AvgIpc) is 2.88. The summed E-state index contributed by atoms with van der Waals surface area (Å²) in [7, 11) is 0. The molecular weight excluding hydrogens is 1120 g/mol. The highest BCUT2D eigenvalue weighted by Gasteiger charge is 2.40. The van der Waals surface area contributed by atoms with Crippen LogP contribution in [0.15, 0.2) is 12.5 Å². The van der Waals surface area contributed by atoms with E-state index in [0.717, 1.165) is 0 Å². The minimum Gasteiger partial charge on any atom is -0.389 e. The lowest BCUT2D eigenvalue weighted by Crippen LogP contribution is -2.63. The third-order valence-corrected chi connectivity index (χ3v) is 14.3. The van der Waals surface area contributed by atoms with Crippen molar-refractivity contribution in [2.75, 3.05) is 72.0 Å². The highest BCUT2D eigenvalue weighted by Crippen LogP contribution is 2.21. The quantitative estimate of drug-likeness (QED) is 0.0270. The van der Waals surface area contributed by atoms with Crippen LogP contribution in [-0.2, 0) is 54.4 Å². The molecule has 11 atom stereocenters. The Morgan fingerprint density at radius 2 is 1.00 bits per heavy atom. The second-order valence-corrected chi connectivity index (χ2v) is 21.2. The van der Waals surface area contributed by atoms with Crippen LogP contribution in [0.3, 0.4) is 0 Å². The van der Waals surface area contributed by atoms with E-state index in [4.69, 9.17) is 51.6 Å². The van der Waals surface area contributed by atoms with E-state index in [1.54, 1.807) is 0 Å². The van der Waals surface area contributed by atoms with E-state index in [1.165, 1.54) is 17.4 Å². The summed E-state index contributed by atoms with van der Waals surface area (Å²) in [4.78, 5) is 146. The molecule has 1 saturated heterocycles. The number of nitrogens with zero attached hydrogens (tertiary/aromatic N) is 2. The van der Waals surface area contributed by atoms with Crippen LogP contribution in [0.25, 0.3) is 0 Å². The molecule has 30 N–H and O–H groups in total. The van der Waals surface area contributed by atoms with Crippen LogP contribution in [0.2, 0.25) is 0 Å². The van der Waals surface area contributed by atoms with Gasteiger partial charge in [-0.2, -0.15) is 0 Å². The topological polar surface area (TPSA) is 586 Å². The number of hydrogen-bond donors (Lipinski definition) is 21. The number of nitrogens with two attached hydrogens (primary N) is 9. The number of H-pyrrole nitrogens is 1. The number of aliphatic hydroxyl groups excluding tert-OH is 2. The van der Waals surface area contributed by atoms with E-state index in [-0.39, 0.29) is 77.5 Å². The molecule has 0 bridgehead atoms. The highest BCUT2D eigenvalue weighted by molar-refractivity contribution is 5.98. The molecule has 0 aromatic carbocycles. The van der Waals surface area contributed by atoms with Gasteiger partial charge >= 0.3 is 0 Å². The van der Waals surface area contributed by atoms with E-state index in [0.29, 0.717) is 96.1 Å². The second kappa shape index (κ2) is 43.2. The maximum absolute atomic E-state index is 14.5. The number of likely N-dealkylation sites (tertiary alicyclic amines) is 1. The third-order valence-electron chi connectivity index (χ3n) is 14.3. The number of imidazole rings is 1. The third kappa shape index (κ3) is 27.4. The monoisotopic (exact) mass is 1220 g/mol. The molecule has 0 unspecified atom stereocenters. The van der Waals surface area contributed by atoms with E-state index < -0.39 is 145 Å². The summed E-state index contributed by atoms with van der Waals surface area (Å²) >= 11 is 0. The van der Waals surface area contributed by atoms with Gasteiger partial charge in [0.25, 0.3) is 0 Å². The Morgan fingerprint density at radius 1 is 0.523 bits per heavy atom. The van der Waals surface area contributed by atoms with E-state index >= 15 is 0 Å². The molecule has 2 rings (SSSR count). The van der Waals surface area contributed by atoms with Gasteiger partial charge in [-0.05, 0) is 142 Å². The molecule has 1 aliphatic heterocycles. The van der Waals surface area contributed by atoms with Crippen molar-refractivity contribution in [1.29, 1.82) is 0 Å². The number of carbonyl (C=O) groups excluding carboxylic acids is 10. The van der Waals surface area contributed by atoms with Crippen LogP contribution in [0.1, 0.15) is 115 Å². The van der Waals surface area contributed by atoms with Gasteiger partial charge in [0, 0.05) is 44.5 Å². The van der Waals surface area contributed by atoms with Crippen LogP contribution < -0.4 is 99.5 Å². The predicted molar refractivity (Wildman–Crippen MR) is 318 cm³/mol. The minimum absolute atomic E-state index is 0.00871. The lowest BCUT2D eigenvalue weighted by Gasteiger charge is -2.30. The molecule has 490 valence electrons. The summed E-state index contributed by atoms with van der Waals surface area (Å²) in [5, 5.41) is 44.5. The summed E-state index contributed by atoms with van der Waals surface area (Å²) in [6.45, 7) is 0.284. The summed E-state index contributed by atoms with van der Waals surface area (Å²) in [6.07, 6.45) is 5.34. The number of aromatic nitrogens is 2. The molecule has 10 amide bonds. The standard InChI is InChI=1S/C53H101N21O12/c54-18-4-1-12-33(62)45(78)72-44(41(76)28-61)52(85)73-43(40(75)27-60)51(84)65-30-42(77)67-37(16-10-23-59)53(86)74-25-11-17-39(74)50(83)71-38(26-32-29-63-31-66-32)49(82)70-35(14-3-6-20-56)47(80)69-36(15-9-22-58)48(81)68-34(13-2-5-19-55)46(79)64-24-8-7-21-57/h29,31,33-41,43-44,75-76H,1-28,30,54-62H2,(H,63,66)(H,64,79)(H,65,84)(H,67,77)(H,68,81)(H,69,80)(H,70,82)(H,71,83)(H,72,78)(H,73,85)/t33-,34-,35-,36+,37+,38-,39-,40-,41-,43-,44-/m0/s1. The highest BCUT2D eigenvalue weighted by atomic mass is 16.3. The van der Waals surface area contributed by atoms with Crippen LogP contribution in [0.5, 0.6) is 0 Å². The average molecular weight is 1220 g/mol. The number of hydrogen-bond acceptors (Lipinski definition) is 22. The number of rotatable bonds is 46. The fraction of sp³-hybridized carbons (Fsp3) is 0.755. The molecule has 33 nitrogen and oxygen atoms in total. The Morgan fingerprint density at radius 3 is 1.52 bits per heavy atom.